The Bertz CT molecular complexity index is 632. The van der Waals surface area contributed by atoms with Gasteiger partial charge in [-0.25, -0.2) is 14.5 Å². The number of non-ortho nitro benzene ring substituents is 1. The van der Waals surface area contributed by atoms with Crippen molar-refractivity contribution in [3.05, 3.63) is 33.9 Å². The number of nitrogens with zero attached hydrogens (tertiary/aromatic N) is 2. The molecule has 0 bridgehead atoms. The standard InChI is InChI=1S/C14H16N2O7/c1-3-21-13(17)15-11-6-5-10(16(19)20)7-9(11)8-12(15)23-14(18)22-4-2/h5-7,12H,3-4,8H2,1-2H3. The SMILES string of the molecule is CCOC(=O)OC1Cc2cc([N+](=O)[O-])ccc2N1C(=O)OCC. The van der Waals surface area contributed by atoms with Gasteiger partial charge in [0.25, 0.3) is 5.69 Å². The first-order valence-electron chi connectivity index (χ1n) is 7.04. The van der Waals surface area contributed by atoms with Crippen LogP contribution in [0.1, 0.15) is 19.4 Å². The number of nitro benzene ring substituents is 1. The Balaban J connectivity index is 2.30. The number of carbonyl (C=O) groups excluding carboxylic acids is 2. The summed E-state index contributed by atoms with van der Waals surface area (Å²) in [5.74, 6) is 0. The molecule has 1 aliphatic rings. The summed E-state index contributed by atoms with van der Waals surface area (Å²) >= 11 is 0. The summed E-state index contributed by atoms with van der Waals surface area (Å²) in [6.45, 7) is 3.54. The fourth-order valence-corrected chi connectivity index (χ4v) is 2.28. The second-order valence-corrected chi connectivity index (χ2v) is 4.60. The summed E-state index contributed by atoms with van der Waals surface area (Å²) in [4.78, 5) is 35.1. The van der Waals surface area contributed by atoms with Gasteiger partial charge in [-0.05, 0) is 25.5 Å². The van der Waals surface area contributed by atoms with Crippen molar-refractivity contribution in [2.45, 2.75) is 26.5 Å². The lowest BCUT2D eigenvalue weighted by atomic mass is 10.1. The van der Waals surface area contributed by atoms with E-state index in [4.69, 9.17) is 14.2 Å². The van der Waals surface area contributed by atoms with Crippen molar-refractivity contribution >= 4 is 23.6 Å². The minimum absolute atomic E-state index is 0.107. The summed E-state index contributed by atoms with van der Waals surface area (Å²) in [7, 11) is 0. The smallest absolute Gasteiger partial charge is 0.449 e. The van der Waals surface area contributed by atoms with Crippen LogP contribution in [0.4, 0.5) is 21.0 Å². The van der Waals surface area contributed by atoms with Crippen molar-refractivity contribution in [2.24, 2.45) is 0 Å². The van der Waals surface area contributed by atoms with E-state index in [9.17, 15) is 19.7 Å². The van der Waals surface area contributed by atoms with Crippen LogP contribution in [-0.4, -0.2) is 36.6 Å². The Hall–Kier alpha value is -2.84. The highest BCUT2D eigenvalue weighted by atomic mass is 16.7. The molecule has 0 radical (unpaired) electrons. The van der Waals surface area contributed by atoms with E-state index in [0.29, 0.717) is 11.3 Å². The zero-order valence-corrected chi connectivity index (χ0v) is 12.7. The monoisotopic (exact) mass is 324 g/mol. The fraction of sp³-hybridized carbons (Fsp3) is 0.429. The molecule has 1 amide bonds. The van der Waals surface area contributed by atoms with Crippen LogP contribution in [0.5, 0.6) is 0 Å². The summed E-state index contributed by atoms with van der Waals surface area (Å²) in [6.07, 6.45) is -2.47. The molecule has 124 valence electrons. The van der Waals surface area contributed by atoms with Gasteiger partial charge < -0.3 is 14.2 Å². The number of amides is 1. The Morgan fingerprint density at radius 1 is 1.30 bits per heavy atom. The largest absolute Gasteiger partial charge is 0.510 e. The number of anilines is 1. The maximum Gasteiger partial charge on any atom is 0.510 e. The van der Waals surface area contributed by atoms with Gasteiger partial charge in [-0.1, -0.05) is 0 Å². The van der Waals surface area contributed by atoms with Crippen molar-refractivity contribution < 1.29 is 28.7 Å². The van der Waals surface area contributed by atoms with E-state index in [2.05, 4.69) is 0 Å². The molecule has 1 aromatic rings. The van der Waals surface area contributed by atoms with E-state index in [0.717, 1.165) is 4.90 Å². The molecule has 9 nitrogen and oxygen atoms in total. The van der Waals surface area contributed by atoms with Gasteiger partial charge in [-0.2, -0.15) is 0 Å². The van der Waals surface area contributed by atoms with E-state index in [1.54, 1.807) is 13.8 Å². The Labute approximate surface area is 131 Å². The summed E-state index contributed by atoms with van der Waals surface area (Å²) < 4.78 is 14.8. The van der Waals surface area contributed by atoms with E-state index >= 15 is 0 Å². The minimum Gasteiger partial charge on any atom is -0.449 e. The molecule has 1 heterocycles. The number of benzene rings is 1. The Morgan fingerprint density at radius 2 is 2.00 bits per heavy atom. The maximum absolute atomic E-state index is 12.1. The van der Waals surface area contributed by atoms with Crippen LogP contribution in [0.3, 0.4) is 0 Å². The number of carbonyl (C=O) groups is 2. The molecular weight excluding hydrogens is 308 g/mol. The zero-order chi connectivity index (χ0) is 17.0. The van der Waals surface area contributed by atoms with Crippen molar-refractivity contribution in [2.75, 3.05) is 18.1 Å². The summed E-state index contributed by atoms with van der Waals surface area (Å²) in [6, 6.07) is 4.05. The van der Waals surface area contributed by atoms with Gasteiger partial charge in [0.1, 0.15) is 0 Å². The lowest BCUT2D eigenvalue weighted by Crippen LogP contribution is -2.41. The second-order valence-electron chi connectivity index (χ2n) is 4.60. The minimum atomic E-state index is -0.967. The van der Waals surface area contributed by atoms with E-state index < -0.39 is 23.4 Å². The normalized spacial score (nSPS) is 15.7. The van der Waals surface area contributed by atoms with E-state index in [1.165, 1.54) is 18.2 Å². The zero-order valence-electron chi connectivity index (χ0n) is 12.7. The van der Waals surface area contributed by atoms with Crippen molar-refractivity contribution in [3.63, 3.8) is 0 Å². The number of fused-ring (bicyclic) bond motifs is 1. The van der Waals surface area contributed by atoms with Gasteiger partial charge >= 0.3 is 12.2 Å². The summed E-state index contributed by atoms with van der Waals surface area (Å²) in [5.41, 5.74) is 0.814. The predicted molar refractivity (Wildman–Crippen MR) is 78.2 cm³/mol. The first-order chi connectivity index (χ1) is 11.0. The highest BCUT2D eigenvalue weighted by molar-refractivity contribution is 5.91. The molecule has 23 heavy (non-hydrogen) atoms. The quantitative estimate of drug-likeness (QED) is 0.476. The number of ether oxygens (including phenoxy) is 3. The van der Waals surface area contributed by atoms with Gasteiger partial charge in [0.2, 0.25) is 0 Å². The molecule has 2 rings (SSSR count). The molecular formula is C14H16N2O7. The van der Waals surface area contributed by atoms with E-state index in [-0.39, 0.29) is 25.3 Å². The maximum atomic E-state index is 12.1. The van der Waals surface area contributed by atoms with Gasteiger partial charge in [0.05, 0.1) is 23.8 Å². The Kier molecular flexibility index (Phi) is 4.99. The molecule has 0 aliphatic carbocycles. The van der Waals surface area contributed by atoms with Crippen molar-refractivity contribution in [1.29, 1.82) is 0 Å². The van der Waals surface area contributed by atoms with Crippen LogP contribution in [-0.2, 0) is 20.6 Å². The lowest BCUT2D eigenvalue weighted by Gasteiger charge is -2.23. The van der Waals surface area contributed by atoms with Crippen LogP contribution in [0.15, 0.2) is 18.2 Å². The van der Waals surface area contributed by atoms with Crippen LogP contribution >= 0.6 is 0 Å². The third kappa shape index (κ3) is 3.50. The predicted octanol–water partition coefficient (Wildman–Crippen LogP) is 2.61. The first-order valence-corrected chi connectivity index (χ1v) is 7.04. The molecule has 0 N–H and O–H groups in total. The molecule has 0 fully saturated rings. The molecule has 0 saturated carbocycles. The summed E-state index contributed by atoms with van der Waals surface area (Å²) in [5, 5.41) is 10.9. The molecule has 0 saturated heterocycles. The van der Waals surface area contributed by atoms with Crippen LogP contribution in [0.2, 0.25) is 0 Å². The topological polar surface area (TPSA) is 108 Å². The third-order valence-electron chi connectivity index (χ3n) is 3.17. The van der Waals surface area contributed by atoms with Crippen LogP contribution in [0, 0.1) is 10.1 Å². The average molecular weight is 324 g/mol. The molecule has 1 aromatic carbocycles. The number of hydrogen-bond acceptors (Lipinski definition) is 7. The molecule has 0 aromatic heterocycles. The van der Waals surface area contributed by atoms with Gasteiger partial charge in [-0.3, -0.25) is 10.1 Å². The third-order valence-corrected chi connectivity index (χ3v) is 3.17. The highest BCUT2D eigenvalue weighted by Crippen LogP contribution is 2.35. The van der Waals surface area contributed by atoms with Crippen molar-refractivity contribution in [3.8, 4) is 0 Å². The second kappa shape index (κ2) is 6.95. The van der Waals surface area contributed by atoms with Crippen molar-refractivity contribution in [1.82, 2.24) is 0 Å². The molecule has 1 aliphatic heterocycles. The van der Waals surface area contributed by atoms with Crippen LogP contribution in [0.25, 0.3) is 0 Å². The van der Waals surface area contributed by atoms with Crippen LogP contribution < -0.4 is 4.90 Å². The highest BCUT2D eigenvalue weighted by Gasteiger charge is 2.38. The molecule has 0 spiro atoms. The van der Waals surface area contributed by atoms with Gasteiger partial charge in [0, 0.05) is 18.6 Å². The Morgan fingerprint density at radius 3 is 2.61 bits per heavy atom. The molecule has 1 unspecified atom stereocenters. The van der Waals surface area contributed by atoms with E-state index in [1.807, 2.05) is 0 Å². The van der Waals surface area contributed by atoms with Gasteiger partial charge in [0.15, 0.2) is 6.23 Å². The number of nitro groups is 1. The number of hydrogen-bond donors (Lipinski definition) is 0. The molecule has 1 atom stereocenters. The fourth-order valence-electron chi connectivity index (χ4n) is 2.28. The van der Waals surface area contributed by atoms with Gasteiger partial charge in [-0.15, -0.1) is 0 Å². The number of rotatable bonds is 4. The average Bonchev–Trinajstić information content (AvgIpc) is 2.84. The molecule has 9 heteroatoms. The lowest BCUT2D eigenvalue weighted by molar-refractivity contribution is -0.384. The first kappa shape index (κ1) is 16.5.